The summed E-state index contributed by atoms with van der Waals surface area (Å²) in [5.41, 5.74) is 1.23. The molecule has 0 unspecified atom stereocenters. The van der Waals surface area contributed by atoms with E-state index in [-0.39, 0.29) is 0 Å². The van der Waals surface area contributed by atoms with E-state index in [1.165, 1.54) is 38.0 Å². The van der Waals surface area contributed by atoms with E-state index in [0.29, 0.717) is 0 Å². The van der Waals surface area contributed by atoms with Crippen molar-refractivity contribution in [3.63, 3.8) is 0 Å². The van der Waals surface area contributed by atoms with Gasteiger partial charge in [0.05, 0.1) is 0 Å². The molecular weight excluding hydrogens is 290 g/mol. The molecule has 1 fully saturated rings. The Morgan fingerprint density at radius 3 is 2.78 bits per heavy atom. The van der Waals surface area contributed by atoms with Crippen molar-refractivity contribution >= 4 is 21.7 Å². The predicted octanol–water partition coefficient (Wildman–Crippen LogP) is 3.30. The molecule has 4 heteroatoms. The fraction of sp³-hybridized carbons (Fsp3) is 0.643. The van der Waals surface area contributed by atoms with Crippen molar-refractivity contribution in [1.82, 2.24) is 9.88 Å². The molecule has 18 heavy (non-hydrogen) atoms. The minimum absolute atomic E-state index is 0.790. The van der Waals surface area contributed by atoms with Gasteiger partial charge in [0.2, 0.25) is 0 Å². The van der Waals surface area contributed by atoms with Crippen LogP contribution < -0.4 is 5.32 Å². The van der Waals surface area contributed by atoms with E-state index >= 15 is 0 Å². The minimum atomic E-state index is 0.790. The smallest absolute Gasteiger partial charge is 0.126 e. The lowest BCUT2D eigenvalue weighted by molar-refractivity contribution is 0.198. The average molecular weight is 312 g/mol. The van der Waals surface area contributed by atoms with Gasteiger partial charge in [0.15, 0.2) is 0 Å². The van der Waals surface area contributed by atoms with Crippen molar-refractivity contribution in [2.75, 3.05) is 31.5 Å². The summed E-state index contributed by atoms with van der Waals surface area (Å²) < 4.78 is 1.07. The first kappa shape index (κ1) is 13.8. The molecule has 100 valence electrons. The second kappa shape index (κ2) is 6.53. The number of pyridine rings is 1. The molecule has 1 aliphatic heterocycles. The molecule has 2 heterocycles. The van der Waals surface area contributed by atoms with Crippen LogP contribution in [0.5, 0.6) is 0 Å². The van der Waals surface area contributed by atoms with Crippen molar-refractivity contribution in [3.05, 3.63) is 22.3 Å². The maximum Gasteiger partial charge on any atom is 0.126 e. The van der Waals surface area contributed by atoms with E-state index in [4.69, 9.17) is 0 Å². The van der Waals surface area contributed by atoms with Crippen LogP contribution in [0, 0.1) is 12.8 Å². The number of hydrogen-bond donors (Lipinski definition) is 1. The zero-order chi connectivity index (χ0) is 13.0. The zero-order valence-corrected chi connectivity index (χ0v) is 12.8. The number of likely N-dealkylation sites (tertiary alicyclic amines) is 1. The monoisotopic (exact) mass is 311 g/mol. The molecule has 1 aromatic rings. The summed E-state index contributed by atoms with van der Waals surface area (Å²) in [5, 5.41) is 3.46. The summed E-state index contributed by atoms with van der Waals surface area (Å²) in [5.74, 6) is 1.78. The molecule has 0 amide bonds. The Balaban J connectivity index is 1.79. The number of aromatic nitrogens is 1. The van der Waals surface area contributed by atoms with E-state index in [1.54, 1.807) is 0 Å². The van der Waals surface area contributed by atoms with Gasteiger partial charge >= 0.3 is 0 Å². The van der Waals surface area contributed by atoms with Gasteiger partial charge in [-0.25, -0.2) is 4.98 Å². The highest BCUT2D eigenvalue weighted by Gasteiger charge is 2.17. The number of anilines is 1. The lowest BCUT2D eigenvalue weighted by atomic mass is 9.97. The molecule has 0 radical (unpaired) electrons. The second-order valence-electron chi connectivity index (χ2n) is 5.08. The Labute approximate surface area is 118 Å². The van der Waals surface area contributed by atoms with E-state index in [1.807, 2.05) is 6.20 Å². The zero-order valence-electron chi connectivity index (χ0n) is 11.2. The Kier molecular flexibility index (Phi) is 5.01. The number of nitrogens with zero attached hydrogens (tertiary/aromatic N) is 2. The summed E-state index contributed by atoms with van der Waals surface area (Å²) in [6.45, 7) is 9.06. The number of hydrogen-bond acceptors (Lipinski definition) is 3. The Bertz CT molecular complexity index is 387. The number of halogens is 1. The highest BCUT2D eigenvalue weighted by atomic mass is 79.9. The van der Waals surface area contributed by atoms with Gasteiger partial charge in [-0.1, -0.05) is 6.92 Å². The first-order chi connectivity index (χ1) is 8.69. The van der Waals surface area contributed by atoms with Crippen LogP contribution in [-0.2, 0) is 0 Å². The Morgan fingerprint density at radius 2 is 2.17 bits per heavy atom. The first-order valence-corrected chi connectivity index (χ1v) is 7.56. The number of aryl methyl sites for hydroxylation is 1. The van der Waals surface area contributed by atoms with E-state index in [0.717, 1.165) is 22.8 Å². The summed E-state index contributed by atoms with van der Waals surface area (Å²) >= 11 is 3.48. The summed E-state index contributed by atoms with van der Waals surface area (Å²) in [6.07, 6.45) is 4.48. The molecule has 1 saturated heterocycles. The van der Waals surface area contributed by atoms with Gasteiger partial charge < -0.3 is 10.2 Å². The van der Waals surface area contributed by atoms with Gasteiger partial charge in [0.25, 0.3) is 0 Å². The minimum Gasteiger partial charge on any atom is -0.370 e. The molecular formula is C14H22BrN3. The molecule has 0 aliphatic carbocycles. The first-order valence-electron chi connectivity index (χ1n) is 6.77. The van der Waals surface area contributed by atoms with Crippen LogP contribution in [0.4, 0.5) is 5.82 Å². The molecule has 0 atom stereocenters. The normalized spacial score (nSPS) is 17.9. The van der Waals surface area contributed by atoms with Crippen molar-refractivity contribution in [3.8, 4) is 0 Å². The van der Waals surface area contributed by atoms with Gasteiger partial charge in [0.1, 0.15) is 5.82 Å². The molecule has 0 aromatic carbocycles. The van der Waals surface area contributed by atoms with Gasteiger partial charge in [-0.05, 0) is 72.9 Å². The summed E-state index contributed by atoms with van der Waals surface area (Å²) in [7, 11) is 0. The third-order valence-corrected chi connectivity index (χ3v) is 4.60. The molecule has 0 spiro atoms. The SMILES string of the molecule is CCN1CCC(CNc2cc(C)c(Br)cn2)CC1. The Morgan fingerprint density at radius 1 is 1.44 bits per heavy atom. The van der Waals surface area contributed by atoms with E-state index < -0.39 is 0 Å². The molecule has 0 bridgehead atoms. The lowest BCUT2D eigenvalue weighted by Gasteiger charge is -2.31. The van der Waals surface area contributed by atoms with Crippen LogP contribution in [0.3, 0.4) is 0 Å². The molecule has 1 N–H and O–H groups in total. The maximum absolute atomic E-state index is 4.39. The highest BCUT2D eigenvalue weighted by molar-refractivity contribution is 9.10. The van der Waals surface area contributed by atoms with Gasteiger partial charge in [-0.15, -0.1) is 0 Å². The number of piperidine rings is 1. The van der Waals surface area contributed by atoms with Crippen LogP contribution in [0.2, 0.25) is 0 Å². The standard InChI is InChI=1S/C14H22BrN3/c1-3-18-6-4-12(5-7-18)9-16-14-8-11(2)13(15)10-17-14/h8,10,12H,3-7,9H2,1-2H3,(H,16,17). The maximum atomic E-state index is 4.39. The fourth-order valence-corrected chi connectivity index (χ4v) is 2.61. The molecule has 0 saturated carbocycles. The average Bonchev–Trinajstić information content (AvgIpc) is 2.41. The van der Waals surface area contributed by atoms with E-state index in [2.05, 4.69) is 51.0 Å². The van der Waals surface area contributed by atoms with Crippen molar-refractivity contribution in [2.45, 2.75) is 26.7 Å². The predicted molar refractivity (Wildman–Crippen MR) is 80.0 cm³/mol. The van der Waals surface area contributed by atoms with E-state index in [9.17, 15) is 0 Å². The van der Waals surface area contributed by atoms with Crippen molar-refractivity contribution < 1.29 is 0 Å². The van der Waals surface area contributed by atoms with Crippen LogP contribution in [0.15, 0.2) is 16.7 Å². The highest BCUT2D eigenvalue weighted by Crippen LogP contribution is 2.20. The van der Waals surface area contributed by atoms with Gasteiger partial charge in [-0.2, -0.15) is 0 Å². The lowest BCUT2D eigenvalue weighted by Crippen LogP contribution is -2.35. The number of rotatable bonds is 4. The van der Waals surface area contributed by atoms with Crippen LogP contribution in [0.25, 0.3) is 0 Å². The quantitative estimate of drug-likeness (QED) is 0.924. The van der Waals surface area contributed by atoms with Gasteiger partial charge in [0, 0.05) is 17.2 Å². The van der Waals surface area contributed by atoms with Crippen LogP contribution >= 0.6 is 15.9 Å². The fourth-order valence-electron chi connectivity index (χ4n) is 2.39. The van der Waals surface area contributed by atoms with Gasteiger partial charge in [-0.3, -0.25) is 0 Å². The van der Waals surface area contributed by atoms with Crippen molar-refractivity contribution in [1.29, 1.82) is 0 Å². The van der Waals surface area contributed by atoms with Crippen molar-refractivity contribution in [2.24, 2.45) is 5.92 Å². The molecule has 1 aromatic heterocycles. The van der Waals surface area contributed by atoms with Crippen LogP contribution in [0.1, 0.15) is 25.3 Å². The molecule has 2 rings (SSSR count). The molecule has 1 aliphatic rings. The third kappa shape index (κ3) is 3.69. The molecule has 3 nitrogen and oxygen atoms in total. The third-order valence-electron chi connectivity index (χ3n) is 3.77. The second-order valence-corrected chi connectivity index (χ2v) is 5.93. The topological polar surface area (TPSA) is 28.2 Å². The summed E-state index contributed by atoms with van der Waals surface area (Å²) in [6, 6.07) is 2.10. The van der Waals surface area contributed by atoms with Crippen LogP contribution in [-0.4, -0.2) is 36.1 Å². The largest absolute Gasteiger partial charge is 0.370 e. The Hall–Kier alpha value is -0.610. The number of nitrogens with one attached hydrogen (secondary N) is 1. The summed E-state index contributed by atoms with van der Waals surface area (Å²) in [4.78, 5) is 6.91.